The Labute approximate surface area is 151 Å². The molecule has 0 aromatic heterocycles. The lowest BCUT2D eigenvalue weighted by atomic mass is 9.96. The molecule has 6 N–H and O–H groups in total. The second-order valence-electron chi connectivity index (χ2n) is 6.83. The molecule has 2 aromatic carbocycles. The van der Waals surface area contributed by atoms with E-state index in [0.717, 1.165) is 25.7 Å². The fourth-order valence-electron chi connectivity index (χ4n) is 3.43. The van der Waals surface area contributed by atoms with Crippen molar-refractivity contribution in [3.63, 3.8) is 0 Å². The quantitative estimate of drug-likeness (QED) is 0.476. The van der Waals surface area contributed by atoms with Crippen molar-refractivity contribution >= 4 is 17.3 Å². The number of carbonyl (C=O) groups is 1. The maximum atomic E-state index is 13.5. The molecule has 5 nitrogen and oxygen atoms in total. The molecule has 1 amide bonds. The molecule has 0 heterocycles. The van der Waals surface area contributed by atoms with Gasteiger partial charge in [0.2, 0.25) is 5.71 Å². The number of benzene rings is 2. The summed E-state index contributed by atoms with van der Waals surface area (Å²) in [6, 6.07) is 10.7. The average Bonchev–Trinajstić information content (AvgIpc) is 3.10. The summed E-state index contributed by atoms with van der Waals surface area (Å²) in [7, 11) is 0. The van der Waals surface area contributed by atoms with Crippen LogP contribution < -0.4 is 16.5 Å². The van der Waals surface area contributed by atoms with E-state index in [1.165, 1.54) is 12.1 Å². The normalized spacial score (nSPS) is 15.6. The van der Waals surface area contributed by atoms with Crippen LogP contribution in [0.3, 0.4) is 0 Å². The van der Waals surface area contributed by atoms with Gasteiger partial charge in [-0.15, -0.1) is 0 Å². The molecule has 1 saturated carbocycles. The van der Waals surface area contributed by atoms with Gasteiger partial charge in [-0.3, -0.25) is 10.2 Å². The van der Waals surface area contributed by atoms with Gasteiger partial charge in [0, 0.05) is 16.8 Å². The highest BCUT2D eigenvalue weighted by molar-refractivity contribution is 6.13. The molecule has 26 heavy (non-hydrogen) atoms. The van der Waals surface area contributed by atoms with Crippen molar-refractivity contribution in [2.45, 2.75) is 31.2 Å². The summed E-state index contributed by atoms with van der Waals surface area (Å²) in [5.41, 5.74) is 7.53. The van der Waals surface area contributed by atoms with Gasteiger partial charge in [-0.25, -0.2) is 4.39 Å². The summed E-state index contributed by atoms with van der Waals surface area (Å²) in [6.45, 7) is -0.0852. The molecule has 3 rings (SSSR count). The van der Waals surface area contributed by atoms with Gasteiger partial charge in [-0.1, -0.05) is 18.9 Å². The van der Waals surface area contributed by atoms with Crippen LogP contribution in [-0.4, -0.2) is 28.9 Å². The lowest BCUT2D eigenvalue weighted by Gasteiger charge is -2.28. The first-order valence-electron chi connectivity index (χ1n) is 8.66. The molecule has 0 radical (unpaired) electrons. The Bertz CT molecular complexity index is 845. The standard InChI is InChI=1S/C20H22FN3O2/c21-15-5-3-4-13(10-15)18(23)16-11-14(6-7-17(16)22)19(26)24-20(12-25)8-1-2-9-20/h3-7,10-11,23,25H,1-2,8-9,12,22H2,(H,24,26)/p+1. The largest absolute Gasteiger partial charge is 0.398 e. The third-order valence-corrected chi connectivity index (χ3v) is 4.98. The summed E-state index contributed by atoms with van der Waals surface area (Å²) in [5.74, 6) is -0.682. The number of hydrogen-bond donors (Lipinski definition) is 4. The zero-order valence-corrected chi connectivity index (χ0v) is 14.5. The van der Waals surface area contributed by atoms with Crippen LogP contribution in [0.5, 0.6) is 0 Å². The van der Waals surface area contributed by atoms with Crippen molar-refractivity contribution in [1.82, 2.24) is 5.32 Å². The van der Waals surface area contributed by atoms with Crippen molar-refractivity contribution in [1.29, 1.82) is 0 Å². The summed E-state index contributed by atoms with van der Waals surface area (Å²) in [6.07, 6.45) is 3.48. The van der Waals surface area contributed by atoms with E-state index in [0.29, 0.717) is 28.1 Å². The van der Waals surface area contributed by atoms with Crippen molar-refractivity contribution in [3.05, 3.63) is 65.0 Å². The predicted octanol–water partition coefficient (Wildman–Crippen LogP) is 1.04. The first-order valence-corrected chi connectivity index (χ1v) is 8.66. The van der Waals surface area contributed by atoms with Gasteiger partial charge < -0.3 is 16.2 Å². The zero-order valence-electron chi connectivity index (χ0n) is 14.5. The second-order valence-corrected chi connectivity index (χ2v) is 6.83. The van der Waals surface area contributed by atoms with Gasteiger partial charge in [0.25, 0.3) is 5.91 Å². The number of aliphatic hydroxyl groups is 1. The minimum atomic E-state index is -0.559. The molecule has 0 saturated heterocycles. The van der Waals surface area contributed by atoms with Crippen molar-refractivity contribution in [2.75, 3.05) is 12.3 Å². The molecular weight excluding hydrogens is 333 g/mol. The zero-order chi connectivity index (χ0) is 18.7. The lowest BCUT2D eigenvalue weighted by Crippen LogP contribution is -2.49. The minimum Gasteiger partial charge on any atom is -0.398 e. The van der Waals surface area contributed by atoms with E-state index < -0.39 is 11.4 Å². The van der Waals surface area contributed by atoms with Crippen LogP contribution in [-0.2, 0) is 0 Å². The fourth-order valence-corrected chi connectivity index (χ4v) is 3.43. The van der Waals surface area contributed by atoms with Gasteiger partial charge in [0.05, 0.1) is 17.7 Å². The number of nitrogens with one attached hydrogen (secondary N) is 1. The monoisotopic (exact) mass is 356 g/mol. The molecule has 0 aliphatic heterocycles. The van der Waals surface area contributed by atoms with Crippen LogP contribution in [0.4, 0.5) is 10.1 Å². The lowest BCUT2D eigenvalue weighted by molar-refractivity contribution is -0.111. The molecule has 1 fully saturated rings. The van der Waals surface area contributed by atoms with Crippen molar-refractivity contribution < 1.29 is 19.7 Å². The Morgan fingerprint density at radius 2 is 1.92 bits per heavy atom. The van der Waals surface area contributed by atoms with E-state index in [9.17, 15) is 14.3 Å². The first-order chi connectivity index (χ1) is 12.4. The van der Waals surface area contributed by atoms with Crippen LogP contribution in [0.15, 0.2) is 42.5 Å². The highest BCUT2D eigenvalue weighted by Crippen LogP contribution is 2.29. The third kappa shape index (κ3) is 3.60. The summed E-state index contributed by atoms with van der Waals surface area (Å²) in [4.78, 5) is 12.7. The van der Waals surface area contributed by atoms with E-state index >= 15 is 0 Å². The van der Waals surface area contributed by atoms with Crippen LogP contribution in [0.25, 0.3) is 0 Å². The number of rotatable bonds is 5. The number of anilines is 1. The molecule has 0 unspecified atom stereocenters. The van der Waals surface area contributed by atoms with E-state index in [1.807, 2.05) is 0 Å². The number of carbonyl (C=O) groups excluding carboxylic acids is 1. The van der Waals surface area contributed by atoms with Crippen LogP contribution >= 0.6 is 0 Å². The number of amides is 1. The number of hydrogen-bond acceptors (Lipinski definition) is 3. The highest BCUT2D eigenvalue weighted by Gasteiger charge is 2.35. The topological polar surface area (TPSA) is 101 Å². The average molecular weight is 356 g/mol. The summed E-state index contributed by atoms with van der Waals surface area (Å²) < 4.78 is 13.5. The predicted molar refractivity (Wildman–Crippen MR) is 98.1 cm³/mol. The van der Waals surface area contributed by atoms with E-state index in [4.69, 9.17) is 11.1 Å². The van der Waals surface area contributed by atoms with Gasteiger partial charge in [0.15, 0.2) is 0 Å². The molecule has 0 spiro atoms. The first kappa shape index (κ1) is 18.1. The van der Waals surface area contributed by atoms with Crippen molar-refractivity contribution in [3.8, 4) is 0 Å². The maximum absolute atomic E-state index is 13.5. The number of halogens is 1. The Morgan fingerprint density at radius 1 is 1.19 bits per heavy atom. The minimum absolute atomic E-state index is 0.0852. The molecular formula is C20H23FN3O2+. The Hall–Kier alpha value is -2.73. The SMILES string of the molecule is Nc1ccc(C(=O)NC2(CO)CCCC2)cc1C(=[NH2+])c1cccc(F)c1. The van der Waals surface area contributed by atoms with E-state index in [2.05, 4.69) is 5.32 Å². The van der Waals surface area contributed by atoms with Gasteiger partial charge in [-0.2, -0.15) is 0 Å². The molecule has 0 bridgehead atoms. The van der Waals surface area contributed by atoms with Crippen LogP contribution in [0.2, 0.25) is 0 Å². The smallest absolute Gasteiger partial charge is 0.251 e. The maximum Gasteiger partial charge on any atom is 0.251 e. The Kier molecular flexibility index (Phi) is 5.04. The molecule has 2 aromatic rings. The second kappa shape index (κ2) is 7.25. The molecule has 136 valence electrons. The molecule has 1 aliphatic rings. The van der Waals surface area contributed by atoms with E-state index in [-0.39, 0.29) is 12.5 Å². The van der Waals surface area contributed by atoms with Crippen molar-refractivity contribution in [2.24, 2.45) is 0 Å². The van der Waals surface area contributed by atoms with E-state index in [1.54, 1.807) is 30.3 Å². The number of nitrogens with two attached hydrogens (primary N) is 2. The summed E-state index contributed by atoms with van der Waals surface area (Å²) >= 11 is 0. The molecule has 6 heteroatoms. The molecule has 0 atom stereocenters. The Morgan fingerprint density at radius 3 is 2.58 bits per heavy atom. The third-order valence-electron chi connectivity index (χ3n) is 4.98. The number of nitrogen functional groups attached to an aromatic ring is 1. The molecule has 1 aliphatic carbocycles. The van der Waals surface area contributed by atoms with Gasteiger partial charge in [-0.05, 0) is 49.2 Å². The van der Waals surface area contributed by atoms with Gasteiger partial charge >= 0.3 is 0 Å². The Balaban J connectivity index is 1.87. The fraction of sp³-hybridized carbons (Fsp3) is 0.300. The van der Waals surface area contributed by atoms with Crippen LogP contribution in [0, 0.1) is 5.82 Å². The number of aliphatic hydroxyl groups excluding tert-OH is 1. The highest BCUT2D eigenvalue weighted by atomic mass is 19.1. The van der Waals surface area contributed by atoms with Gasteiger partial charge in [0.1, 0.15) is 5.82 Å². The summed E-state index contributed by atoms with van der Waals surface area (Å²) in [5, 5.41) is 18.8. The van der Waals surface area contributed by atoms with Crippen LogP contribution in [0.1, 0.15) is 47.2 Å².